The molecule has 0 aromatic heterocycles. The molecule has 0 saturated carbocycles. The van der Waals surface area contributed by atoms with Crippen LogP contribution in [-0.4, -0.2) is 59.5 Å². The van der Waals surface area contributed by atoms with Crippen LogP contribution >= 0.6 is 0 Å². The summed E-state index contributed by atoms with van der Waals surface area (Å²) in [6.07, 6.45) is -5.10. The molecule has 0 heterocycles. The van der Waals surface area contributed by atoms with Crippen molar-refractivity contribution in [1.29, 1.82) is 0 Å². The molecule has 476 valence electrons. The van der Waals surface area contributed by atoms with Crippen molar-refractivity contribution in [3.8, 4) is 0 Å². The first-order chi connectivity index (χ1) is 46.4. The Morgan fingerprint density at radius 3 is 0.516 bits per heavy atom. The van der Waals surface area contributed by atoms with Crippen molar-refractivity contribution >= 4 is 23.9 Å². The monoisotopic (exact) mass is 1260 g/mol. The van der Waals surface area contributed by atoms with Crippen LogP contribution in [0.3, 0.4) is 0 Å². The predicted octanol–water partition coefficient (Wildman–Crippen LogP) is 17.7. The van der Waals surface area contributed by atoms with Gasteiger partial charge >= 0.3 is 23.9 Å². The van der Waals surface area contributed by atoms with E-state index in [-0.39, 0.29) is 0 Å². The maximum absolute atomic E-state index is 16.5. The second-order valence-electron chi connectivity index (χ2n) is 23.9. The molecular weight excluding hydrogens is 1180 g/mol. The zero-order valence-electron chi connectivity index (χ0n) is 53.8. The Labute approximate surface area is 556 Å². The van der Waals surface area contributed by atoms with Crippen molar-refractivity contribution in [3.05, 3.63) is 393 Å². The third-order valence-electron chi connectivity index (χ3n) is 17.7. The van der Waals surface area contributed by atoms with Gasteiger partial charge in [-0.3, -0.25) is 0 Å². The molecule has 0 radical (unpaired) electrons. The van der Waals surface area contributed by atoms with Crippen LogP contribution in [-0.2, 0) is 42.9 Å². The molecule has 0 bridgehead atoms. The van der Waals surface area contributed by atoms with Gasteiger partial charge in [-0.1, -0.05) is 303 Å². The largest absolute Gasteiger partial charge is 0.481 e. The number of hydrogen-bond donors (Lipinski definition) is 1. The van der Waals surface area contributed by atoms with Crippen molar-refractivity contribution in [1.82, 2.24) is 0 Å². The molecule has 10 aromatic rings. The lowest BCUT2D eigenvalue weighted by Crippen LogP contribution is -2.30. The minimum Gasteiger partial charge on any atom is -0.481 e. The van der Waals surface area contributed by atoms with Gasteiger partial charge in [-0.25, -0.2) is 19.2 Å². The van der Waals surface area contributed by atoms with E-state index in [1.54, 1.807) is 34.6 Å². The SMILES string of the molecule is CC(OC(=O)C1=C(C(=O)OC(C)C(c2ccccc2)c2ccccc2)C(C(=O)OC(C)C(c2ccccc2)c2ccccc2)=C(C(=O)OC(C)C(c2ccccc2)c2ccccc2)C1=C(O)OC(C)C(c1ccccc1)c1ccccc1)C(c1ccccc1)c1ccccc1. The lowest BCUT2D eigenvalue weighted by molar-refractivity contribution is -0.149. The average Bonchev–Trinajstić information content (AvgIpc) is 1.58. The maximum atomic E-state index is 16.5. The van der Waals surface area contributed by atoms with E-state index in [9.17, 15) is 5.11 Å². The fourth-order valence-corrected chi connectivity index (χ4v) is 13.4. The van der Waals surface area contributed by atoms with Gasteiger partial charge in [-0.15, -0.1) is 0 Å². The summed E-state index contributed by atoms with van der Waals surface area (Å²) in [5.41, 5.74) is 4.63. The standard InChI is InChI=1S/C85H76O10/c1-56(71(61-36-16-6-17-37-61)62-38-18-7-19-39-62)91-81(86)76-77(82(87)92-57(2)72(63-40-20-8-21-41-63)64-42-22-9-23-43-64)79(84(89)94-59(4)74(67-48-28-12-29-49-67)68-50-30-13-31-51-68)80(85(90)95-60(5)75(69-52-32-14-33-53-69)70-54-34-15-35-55-70)78(76)83(88)93-58(3)73(65-44-24-10-25-45-65)66-46-26-11-27-47-66/h6-60,71-75,86H,1-5H3. The van der Waals surface area contributed by atoms with Gasteiger partial charge in [0.05, 0.1) is 27.9 Å². The van der Waals surface area contributed by atoms with Crippen LogP contribution in [0.5, 0.6) is 0 Å². The number of carbonyl (C=O) groups excluding carboxylic acids is 4. The van der Waals surface area contributed by atoms with Gasteiger partial charge in [0, 0.05) is 29.6 Å². The Bertz CT molecular complexity index is 3840. The van der Waals surface area contributed by atoms with Crippen molar-refractivity contribution in [2.45, 2.75) is 94.7 Å². The van der Waals surface area contributed by atoms with E-state index < -0.39 is 118 Å². The summed E-state index contributed by atoms with van der Waals surface area (Å²) in [4.78, 5) is 66.0. The summed E-state index contributed by atoms with van der Waals surface area (Å²) in [5, 5.41) is 13.5. The summed E-state index contributed by atoms with van der Waals surface area (Å²) in [7, 11) is 0. The lowest BCUT2D eigenvalue weighted by Gasteiger charge is -2.28. The van der Waals surface area contributed by atoms with Gasteiger partial charge in [0.25, 0.3) is 5.95 Å². The molecule has 0 aliphatic heterocycles. The highest BCUT2D eigenvalue weighted by molar-refractivity contribution is 6.23. The molecule has 0 spiro atoms. The zero-order valence-corrected chi connectivity index (χ0v) is 53.8. The molecule has 5 unspecified atom stereocenters. The number of hydrogen-bond acceptors (Lipinski definition) is 10. The van der Waals surface area contributed by atoms with Crippen LogP contribution in [0.15, 0.2) is 337 Å². The highest BCUT2D eigenvalue weighted by atomic mass is 16.6. The van der Waals surface area contributed by atoms with Gasteiger partial charge in [-0.2, -0.15) is 0 Å². The molecular formula is C85H76O10. The molecule has 0 saturated heterocycles. The van der Waals surface area contributed by atoms with Crippen molar-refractivity contribution in [2.75, 3.05) is 0 Å². The first-order valence-electron chi connectivity index (χ1n) is 32.3. The summed E-state index contributed by atoms with van der Waals surface area (Å²) in [5.74, 6) is -8.76. The summed E-state index contributed by atoms with van der Waals surface area (Å²) in [6, 6.07) is 95.5. The van der Waals surface area contributed by atoms with Crippen LogP contribution in [0.1, 0.15) is 120 Å². The number of benzene rings is 10. The van der Waals surface area contributed by atoms with Gasteiger partial charge in [0.1, 0.15) is 30.5 Å². The molecule has 10 nitrogen and oxygen atoms in total. The number of ether oxygens (including phenoxy) is 5. The summed E-state index contributed by atoms with van der Waals surface area (Å²) < 4.78 is 33.8. The minimum atomic E-state index is -1.20. The van der Waals surface area contributed by atoms with Crippen LogP contribution in [0.2, 0.25) is 0 Å². The quantitative estimate of drug-likeness (QED) is 0.0335. The van der Waals surface area contributed by atoms with Gasteiger partial charge in [0.15, 0.2) is 0 Å². The van der Waals surface area contributed by atoms with E-state index in [0.717, 1.165) is 55.6 Å². The Morgan fingerprint density at radius 1 is 0.221 bits per heavy atom. The Balaban J connectivity index is 1.16. The fourth-order valence-electron chi connectivity index (χ4n) is 13.4. The highest BCUT2D eigenvalue weighted by Crippen LogP contribution is 2.46. The third kappa shape index (κ3) is 15.2. The van der Waals surface area contributed by atoms with E-state index in [1.165, 1.54) is 0 Å². The molecule has 5 atom stereocenters. The average molecular weight is 1260 g/mol. The second-order valence-corrected chi connectivity index (χ2v) is 23.9. The van der Waals surface area contributed by atoms with E-state index in [0.29, 0.717) is 0 Å². The first kappa shape index (κ1) is 65.4. The number of aliphatic hydroxyl groups is 1. The molecule has 10 heteroatoms. The summed E-state index contributed by atoms with van der Waals surface area (Å²) >= 11 is 0. The molecule has 10 aromatic carbocycles. The molecule has 1 aliphatic carbocycles. The van der Waals surface area contributed by atoms with E-state index in [4.69, 9.17) is 23.7 Å². The van der Waals surface area contributed by atoms with Crippen LogP contribution in [0.4, 0.5) is 0 Å². The van der Waals surface area contributed by atoms with Crippen LogP contribution < -0.4 is 0 Å². The molecule has 1 N–H and O–H groups in total. The number of rotatable bonds is 25. The lowest BCUT2D eigenvalue weighted by atomic mass is 9.87. The van der Waals surface area contributed by atoms with Crippen LogP contribution in [0, 0.1) is 0 Å². The van der Waals surface area contributed by atoms with Crippen molar-refractivity contribution < 1.29 is 48.0 Å². The Hall–Kier alpha value is -11.1. The second kappa shape index (κ2) is 31.0. The predicted molar refractivity (Wildman–Crippen MR) is 370 cm³/mol. The first-order valence-corrected chi connectivity index (χ1v) is 32.3. The Kier molecular flexibility index (Phi) is 21.3. The smallest absolute Gasteiger partial charge is 0.340 e. The normalized spacial score (nSPS) is 13.9. The van der Waals surface area contributed by atoms with Gasteiger partial charge < -0.3 is 28.8 Å². The number of carbonyl (C=O) groups is 4. The van der Waals surface area contributed by atoms with Crippen LogP contribution in [0.25, 0.3) is 0 Å². The van der Waals surface area contributed by atoms with Gasteiger partial charge in [0.2, 0.25) is 0 Å². The van der Waals surface area contributed by atoms with E-state index in [1.807, 2.05) is 303 Å². The van der Waals surface area contributed by atoms with Crippen molar-refractivity contribution in [3.63, 3.8) is 0 Å². The van der Waals surface area contributed by atoms with Gasteiger partial charge in [-0.05, 0) is 90.3 Å². The fraction of sp³-hybridized carbons (Fsp3) is 0.176. The topological polar surface area (TPSA) is 135 Å². The molecule has 1 aliphatic rings. The van der Waals surface area contributed by atoms with E-state index in [2.05, 4.69) is 0 Å². The van der Waals surface area contributed by atoms with Crippen molar-refractivity contribution in [2.24, 2.45) is 0 Å². The molecule has 0 amide bonds. The molecule has 11 rings (SSSR count). The summed E-state index contributed by atoms with van der Waals surface area (Å²) in [6.45, 7) is 8.68. The maximum Gasteiger partial charge on any atom is 0.340 e. The number of esters is 4. The number of aliphatic hydroxyl groups excluding tert-OH is 1. The highest BCUT2D eigenvalue weighted by Gasteiger charge is 2.50. The third-order valence-corrected chi connectivity index (χ3v) is 17.7. The molecule has 95 heavy (non-hydrogen) atoms. The Morgan fingerprint density at radius 2 is 0.358 bits per heavy atom. The molecule has 0 fully saturated rings. The van der Waals surface area contributed by atoms with E-state index >= 15 is 19.2 Å². The minimum absolute atomic E-state index is 0.577. The zero-order chi connectivity index (χ0) is 66.2.